The highest BCUT2D eigenvalue weighted by Crippen LogP contribution is 2.37. The molecule has 0 amide bonds. The molecule has 0 spiro atoms. The van der Waals surface area contributed by atoms with Crippen molar-refractivity contribution in [1.29, 1.82) is 0 Å². The molecule has 0 fully saturated rings. The van der Waals surface area contributed by atoms with Crippen molar-refractivity contribution in [2.24, 2.45) is 5.41 Å². The van der Waals surface area contributed by atoms with Crippen LogP contribution in [0.2, 0.25) is 5.02 Å². The normalized spacial score (nSPS) is 15.2. The summed E-state index contributed by atoms with van der Waals surface area (Å²) in [6.07, 6.45) is 7.37. The number of benzene rings is 1. The van der Waals surface area contributed by atoms with Crippen LogP contribution in [-0.4, -0.2) is 34.2 Å². The molecule has 4 rings (SSSR count). The number of hydrogen-bond donors (Lipinski definition) is 4. The molecule has 1 aliphatic rings. The number of nitrogens with zero attached hydrogens (tertiary/aromatic N) is 3. The van der Waals surface area contributed by atoms with Gasteiger partial charge in [-0.2, -0.15) is 8.78 Å². The highest BCUT2D eigenvalue weighted by Gasteiger charge is 2.33. The molecule has 1 aliphatic heterocycles. The van der Waals surface area contributed by atoms with Gasteiger partial charge in [0, 0.05) is 35.1 Å². The van der Waals surface area contributed by atoms with Crippen LogP contribution in [0.15, 0.2) is 42.1 Å². The molecule has 11 heteroatoms. The number of anilines is 2. The molecular formula is C28H31ClF3N7. The fraction of sp³-hybridized carbons (Fsp3) is 0.357. The van der Waals surface area contributed by atoms with E-state index < -0.39 is 30.7 Å². The van der Waals surface area contributed by atoms with Gasteiger partial charge in [-0.3, -0.25) is 9.99 Å². The monoisotopic (exact) mass is 557 g/mol. The number of aryl methyl sites for hydroxylation is 1. The van der Waals surface area contributed by atoms with E-state index in [1.165, 1.54) is 19.1 Å². The maximum atomic E-state index is 15.6. The number of hydrogen-bond acceptors (Lipinski definition) is 7. The second-order valence-corrected chi connectivity index (χ2v) is 11.1. The topological polar surface area (TPSA) is 77.1 Å². The van der Waals surface area contributed by atoms with Crippen LogP contribution in [0.25, 0.3) is 10.9 Å². The molecule has 0 saturated carbocycles. The van der Waals surface area contributed by atoms with E-state index in [1.807, 2.05) is 6.07 Å². The Morgan fingerprint density at radius 2 is 1.97 bits per heavy atom. The second-order valence-electron chi connectivity index (χ2n) is 10.7. The molecular weight excluding hydrogens is 527 g/mol. The molecule has 0 radical (unpaired) electrons. The van der Waals surface area contributed by atoms with Gasteiger partial charge in [0.05, 0.1) is 33.9 Å². The van der Waals surface area contributed by atoms with Gasteiger partial charge in [0.1, 0.15) is 12.4 Å². The van der Waals surface area contributed by atoms with Gasteiger partial charge < -0.3 is 16.1 Å². The number of nitrogens with one attached hydrogen (secondary N) is 4. The second kappa shape index (κ2) is 11.2. The summed E-state index contributed by atoms with van der Waals surface area (Å²) in [7, 11) is 0. The largest absolute Gasteiger partial charge is 0.383 e. The molecule has 2 atom stereocenters. The summed E-state index contributed by atoms with van der Waals surface area (Å²) in [4.78, 5) is 8.37. The Labute approximate surface area is 231 Å². The third-order valence-electron chi connectivity index (χ3n) is 6.29. The van der Waals surface area contributed by atoms with E-state index in [0.29, 0.717) is 50.7 Å². The highest BCUT2D eigenvalue weighted by atomic mass is 35.5. The van der Waals surface area contributed by atoms with E-state index in [2.05, 4.69) is 58.3 Å². The predicted molar refractivity (Wildman–Crippen MR) is 150 cm³/mol. The Bertz CT molecular complexity index is 1460. The molecule has 4 N–H and O–H groups in total. The van der Waals surface area contributed by atoms with Crippen LogP contribution in [0.5, 0.6) is 0 Å². The van der Waals surface area contributed by atoms with Crippen LogP contribution in [0.1, 0.15) is 50.6 Å². The van der Waals surface area contributed by atoms with E-state index in [1.54, 1.807) is 19.2 Å². The van der Waals surface area contributed by atoms with Crippen LogP contribution >= 0.6 is 11.6 Å². The van der Waals surface area contributed by atoms with E-state index in [-0.39, 0.29) is 11.1 Å². The number of aromatic nitrogens is 2. The number of terminal acetylenes is 1. The molecule has 3 aromatic rings. The third kappa shape index (κ3) is 6.00. The van der Waals surface area contributed by atoms with Crippen molar-refractivity contribution in [3.05, 3.63) is 69.9 Å². The summed E-state index contributed by atoms with van der Waals surface area (Å²) in [6.45, 7) is 9.31. The SMILES string of the molecule is C#Cc1cnc2c(Cl)cc(N[C@H](C3=C(F)N([C@@H](C)CF)NN3)c3ccc(F)nc3C)cc2c1NCC(C)(C)C. The smallest absolute Gasteiger partial charge is 0.228 e. The molecule has 0 bridgehead atoms. The number of fused-ring (bicyclic) bond motifs is 1. The molecule has 3 heterocycles. The lowest BCUT2D eigenvalue weighted by atomic mass is 9.96. The maximum absolute atomic E-state index is 15.6. The summed E-state index contributed by atoms with van der Waals surface area (Å²) < 4.78 is 42.8. The first-order valence-electron chi connectivity index (χ1n) is 12.4. The van der Waals surface area contributed by atoms with Crippen LogP contribution in [0, 0.1) is 30.6 Å². The molecule has 1 aromatic carbocycles. The fourth-order valence-electron chi connectivity index (χ4n) is 4.23. The summed E-state index contributed by atoms with van der Waals surface area (Å²) in [5, 5.41) is 8.82. The third-order valence-corrected chi connectivity index (χ3v) is 6.58. The van der Waals surface area contributed by atoms with Gasteiger partial charge >= 0.3 is 0 Å². The van der Waals surface area contributed by atoms with Crippen LogP contribution < -0.4 is 21.6 Å². The first-order valence-corrected chi connectivity index (χ1v) is 12.8. The number of alkyl halides is 1. The van der Waals surface area contributed by atoms with E-state index in [4.69, 9.17) is 18.0 Å². The Balaban J connectivity index is 1.84. The van der Waals surface area contributed by atoms with E-state index in [9.17, 15) is 8.78 Å². The maximum Gasteiger partial charge on any atom is 0.228 e. The average Bonchev–Trinajstić information content (AvgIpc) is 3.26. The molecule has 39 heavy (non-hydrogen) atoms. The Morgan fingerprint density at radius 1 is 1.23 bits per heavy atom. The van der Waals surface area contributed by atoms with Crippen molar-refractivity contribution >= 4 is 33.9 Å². The average molecular weight is 558 g/mol. The van der Waals surface area contributed by atoms with Crippen molar-refractivity contribution in [2.45, 2.75) is 46.7 Å². The number of halogens is 4. The Hall–Kier alpha value is -3.68. The highest BCUT2D eigenvalue weighted by molar-refractivity contribution is 6.35. The van der Waals surface area contributed by atoms with Gasteiger partial charge in [-0.1, -0.05) is 44.4 Å². The molecule has 0 unspecified atom stereocenters. The first kappa shape index (κ1) is 28.3. The minimum atomic E-state index is -0.870. The lowest BCUT2D eigenvalue weighted by Crippen LogP contribution is -2.44. The minimum Gasteiger partial charge on any atom is -0.383 e. The van der Waals surface area contributed by atoms with E-state index in [0.717, 1.165) is 5.01 Å². The lowest BCUT2D eigenvalue weighted by Gasteiger charge is -2.24. The van der Waals surface area contributed by atoms with Crippen LogP contribution in [0.4, 0.5) is 24.5 Å². The van der Waals surface area contributed by atoms with Gasteiger partial charge in [-0.05, 0) is 37.5 Å². The Kier molecular flexibility index (Phi) is 8.14. The van der Waals surface area contributed by atoms with Crippen molar-refractivity contribution < 1.29 is 13.2 Å². The molecule has 2 aromatic heterocycles. The van der Waals surface area contributed by atoms with Crippen molar-refractivity contribution in [2.75, 3.05) is 23.9 Å². The zero-order chi connectivity index (χ0) is 28.5. The van der Waals surface area contributed by atoms with Crippen molar-refractivity contribution in [3.8, 4) is 12.3 Å². The standard InChI is InChI=1S/C28H31ClF3N7/c1-7-17-13-33-24-20(23(17)34-14-28(4,5)6)10-18(11-21(24)29)36-25(19-8-9-22(31)35-16(19)3)26-27(32)39(38-37-26)15(2)12-30/h1,8-11,13,15,25,36-38H,12,14H2,2-6H3,(H,33,34)/t15-,25-/m0/s1. The summed E-state index contributed by atoms with van der Waals surface area (Å²) in [6, 6.07) is 4.57. The quantitative estimate of drug-likeness (QED) is 0.150. The fourth-order valence-corrected chi connectivity index (χ4v) is 4.50. The molecule has 7 nitrogen and oxygen atoms in total. The Morgan fingerprint density at radius 3 is 2.62 bits per heavy atom. The molecule has 0 saturated heterocycles. The lowest BCUT2D eigenvalue weighted by molar-refractivity contribution is 0.130. The van der Waals surface area contributed by atoms with Gasteiger partial charge in [-0.25, -0.2) is 9.37 Å². The molecule has 206 valence electrons. The van der Waals surface area contributed by atoms with Gasteiger partial charge in [0.25, 0.3) is 0 Å². The summed E-state index contributed by atoms with van der Waals surface area (Å²) >= 11 is 6.67. The number of hydrazine groups is 2. The van der Waals surface area contributed by atoms with Crippen LogP contribution in [0.3, 0.4) is 0 Å². The zero-order valence-electron chi connectivity index (χ0n) is 22.4. The van der Waals surface area contributed by atoms with Crippen molar-refractivity contribution in [3.63, 3.8) is 0 Å². The van der Waals surface area contributed by atoms with Gasteiger partial charge in [0.2, 0.25) is 11.9 Å². The number of pyridine rings is 2. The molecule has 0 aliphatic carbocycles. The minimum absolute atomic E-state index is 0.0346. The van der Waals surface area contributed by atoms with E-state index >= 15 is 4.39 Å². The summed E-state index contributed by atoms with van der Waals surface area (Å²) in [5.41, 5.74) is 8.69. The van der Waals surface area contributed by atoms with Crippen molar-refractivity contribution in [1.82, 2.24) is 25.9 Å². The van der Waals surface area contributed by atoms with Crippen LogP contribution in [-0.2, 0) is 0 Å². The first-order chi connectivity index (χ1) is 18.4. The van der Waals surface area contributed by atoms with Gasteiger partial charge in [-0.15, -0.1) is 12.0 Å². The predicted octanol–water partition coefficient (Wildman–Crippen LogP) is 6.14. The zero-order valence-corrected chi connectivity index (χ0v) is 23.1. The number of rotatable bonds is 8. The van der Waals surface area contributed by atoms with Gasteiger partial charge in [0.15, 0.2) is 0 Å². The summed E-state index contributed by atoms with van der Waals surface area (Å²) in [5.74, 6) is 1.30.